The molecule has 0 atom stereocenters. The lowest BCUT2D eigenvalue weighted by atomic mass is 9.92. The summed E-state index contributed by atoms with van der Waals surface area (Å²) < 4.78 is 0. The molecule has 0 aliphatic carbocycles. The van der Waals surface area contributed by atoms with E-state index in [0.29, 0.717) is 0 Å². The van der Waals surface area contributed by atoms with E-state index in [0.717, 1.165) is 17.1 Å². The van der Waals surface area contributed by atoms with Crippen LogP contribution in [0.3, 0.4) is 0 Å². The number of rotatable bonds is 6. The van der Waals surface area contributed by atoms with Crippen LogP contribution in [0.1, 0.15) is 0 Å². The normalized spacial score (nSPS) is 11.3. The van der Waals surface area contributed by atoms with Crippen molar-refractivity contribution < 1.29 is 0 Å². The van der Waals surface area contributed by atoms with Crippen LogP contribution in [0.25, 0.3) is 65.7 Å². The lowest BCUT2D eigenvalue weighted by molar-refractivity contribution is 1.28. The highest BCUT2D eigenvalue weighted by Crippen LogP contribution is 2.40. The Morgan fingerprint density at radius 3 is 1.16 bits per heavy atom. The number of fused-ring (bicyclic) bond motifs is 6. The van der Waals surface area contributed by atoms with Gasteiger partial charge in [-0.1, -0.05) is 158 Å². The summed E-state index contributed by atoms with van der Waals surface area (Å²) in [4.78, 5) is 2.34. The minimum atomic E-state index is 1.11. The van der Waals surface area contributed by atoms with Crippen LogP contribution < -0.4 is 4.90 Å². The number of anilines is 3. The van der Waals surface area contributed by atoms with Crippen LogP contribution in [0.15, 0.2) is 200 Å². The average Bonchev–Trinajstić information content (AvgIpc) is 3.19. The molecule has 49 heavy (non-hydrogen) atoms. The summed E-state index contributed by atoms with van der Waals surface area (Å²) in [7, 11) is 0. The Morgan fingerprint density at radius 1 is 0.204 bits per heavy atom. The molecule has 9 aromatic carbocycles. The highest BCUT2D eigenvalue weighted by molar-refractivity contribution is 6.25. The van der Waals surface area contributed by atoms with Crippen LogP contribution >= 0.6 is 0 Å². The Balaban J connectivity index is 1.10. The first-order valence-electron chi connectivity index (χ1n) is 16.8. The van der Waals surface area contributed by atoms with Crippen LogP contribution in [-0.4, -0.2) is 0 Å². The van der Waals surface area contributed by atoms with E-state index in [4.69, 9.17) is 0 Å². The summed E-state index contributed by atoms with van der Waals surface area (Å²) in [6.07, 6.45) is 0. The van der Waals surface area contributed by atoms with Gasteiger partial charge in [0.15, 0.2) is 0 Å². The summed E-state index contributed by atoms with van der Waals surface area (Å²) in [5, 5.41) is 7.74. The summed E-state index contributed by atoms with van der Waals surface area (Å²) >= 11 is 0. The summed E-state index contributed by atoms with van der Waals surface area (Å²) in [6, 6.07) is 72.3. The number of para-hydroxylation sites is 1. The van der Waals surface area contributed by atoms with E-state index < -0.39 is 0 Å². The molecule has 1 nitrogen and oxygen atoms in total. The van der Waals surface area contributed by atoms with Crippen molar-refractivity contribution in [2.75, 3.05) is 4.90 Å². The van der Waals surface area contributed by atoms with Crippen molar-refractivity contribution in [3.05, 3.63) is 200 Å². The first kappa shape index (κ1) is 28.8. The van der Waals surface area contributed by atoms with E-state index >= 15 is 0 Å². The molecule has 0 saturated carbocycles. The van der Waals surface area contributed by atoms with Crippen molar-refractivity contribution in [2.45, 2.75) is 0 Å². The van der Waals surface area contributed by atoms with Gasteiger partial charge in [0, 0.05) is 17.1 Å². The molecular formula is C48H33N. The van der Waals surface area contributed by atoms with Crippen molar-refractivity contribution in [1.82, 2.24) is 0 Å². The van der Waals surface area contributed by atoms with E-state index in [2.05, 4.69) is 205 Å². The highest BCUT2D eigenvalue weighted by Gasteiger charge is 2.15. The fourth-order valence-electron chi connectivity index (χ4n) is 7.22. The molecule has 0 saturated heterocycles. The Morgan fingerprint density at radius 2 is 0.571 bits per heavy atom. The second kappa shape index (κ2) is 12.3. The third-order valence-electron chi connectivity index (χ3n) is 9.65. The minimum Gasteiger partial charge on any atom is -0.310 e. The summed E-state index contributed by atoms with van der Waals surface area (Å²) in [5.74, 6) is 0. The zero-order valence-corrected chi connectivity index (χ0v) is 27.0. The molecule has 9 aromatic rings. The molecule has 230 valence electrons. The number of nitrogens with zero attached hydrogens (tertiary/aromatic N) is 1. The lowest BCUT2D eigenvalue weighted by Crippen LogP contribution is -2.09. The van der Waals surface area contributed by atoms with Crippen molar-refractivity contribution in [1.29, 1.82) is 0 Å². The Labute approximate surface area is 287 Å². The first-order chi connectivity index (χ1) is 24.3. The third kappa shape index (κ3) is 5.32. The molecule has 1 heteroatoms. The molecule has 0 aliphatic heterocycles. The van der Waals surface area contributed by atoms with Gasteiger partial charge in [0.1, 0.15) is 0 Å². The molecular weight excluding hydrogens is 591 g/mol. The van der Waals surface area contributed by atoms with E-state index in [1.165, 1.54) is 65.7 Å². The average molecular weight is 624 g/mol. The summed E-state index contributed by atoms with van der Waals surface area (Å²) in [5.41, 5.74) is 10.6. The van der Waals surface area contributed by atoms with E-state index in [1.54, 1.807) is 0 Å². The van der Waals surface area contributed by atoms with Gasteiger partial charge in [-0.2, -0.15) is 0 Å². The molecule has 0 N–H and O–H groups in total. The fraction of sp³-hybridized carbons (Fsp3) is 0. The third-order valence-corrected chi connectivity index (χ3v) is 9.65. The molecule has 0 unspecified atom stereocenters. The van der Waals surface area contributed by atoms with Crippen LogP contribution in [0.2, 0.25) is 0 Å². The number of benzene rings is 9. The Kier molecular flexibility index (Phi) is 7.22. The summed E-state index contributed by atoms with van der Waals surface area (Å²) in [6.45, 7) is 0. The maximum Gasteiger partial charge on any atom is 0.0467 e. The van der Waals surface area contributed by atoms with Gasteiger partial charge < -0.3 is 4.90 Å². The van der Waals surface area contributed by atoms with Crippen molar-refractivity contribution >= 4 is 49.4 Å². The maximum atomic E-state index is 2.37. The Hall–Kier alpha value is -6.44. The largest absolute Gasteiger partial charge is 0.310 e. The van der Waals surface area contributed by atoms with Crippen LogP contribution in [0, 0.1) is 0 Å². The topological polar surface area (TPSA) is 3.24 Å². The van der Waals surface area contributed by atoms with E-state index in [1.807, 2.05) is 0 Å². The predicted octanol–water partition coefficient (Wildman–Crippen LogP) is 13.6. The monoisotopic (exact) mass is 623 g/mol. The van der Waals surface area contributed by atoms with Crippen molar-refractivity contribution in [3.8, 4) is 33.4 Å². The standard InChI is InChI=1S/C48H33N/c1-3-12-34(13-4-1)35-22-24-36(25-23-35)37-26-29-41(30-27-37)49(40-15-5-2-6-16-40)42-17-11-14-38(32-42)39-28-31-47-45-20-8-7-18-43(45)44-19-9-10-21-46(44)48(47)33-39/h1-33H. The maximum absolute atomic E-state index is 2.37. The van der Waals surface area contributed by atoms with Crippen LogP contribution in [0.5, 0.6) is 0 Å². The van der Waals surface area contributed by atoms with Gasteiger partial charge in [0.2, 0.25) is 0 Å². The SMILES string of the molecule is c1ccc(-c2ccc(-c3ccc(N(c4ccccc4)c4cccc(-c5ccc6c7ccccc7c7ccccc7c6c5)c4)cc3)cc2)cc1. The number of hydrogen-bond donors (Lipinski definition) is 0. The van der Waals surface area contributed by atoms with Gasteiger partial charge in [-0.3, -0.25) is 0 Å². The lowest BCUT2D eigenvalue weighted by Gasteiger charge is -2.26. The van der Waals surface area contributed by atoms with E-state index in [-0.39, 0.29) is 0 Å². The molecule has 0 radical (unpaired) electrons. The molecule has 0 amide bonds. The molecule has 0 fully saturated rings. The van der Waals surface area contributed by atoms with Gasteiger partial charge in [-0.05, 0) is 108 Å². The Bertz CT molecular complexity index is 2530. The van der Waals surface area contributed by atoms with Crippen LogP contribution in [-0.2, 0) is 0 Å². The molecule has 0 aliphatic rings. The van der Waals surface area contributed by atoms with Crippen molar-refractivity contribution in [3.63, 3.8) is 0 Å². The van der Waals surface area contributed by atoms with Crippen LogP contribution in [0.4, 0.5) is 17.1 Å². The predicted molar refractivity (Wildman–Crippen MR) is 210 cm³/mol. The second-order valence-electron chi connectivity index (χ2n) is 12.6. The van der Waals surface area contributed by atoms with Gasteiger partial charge in [0.05, 0.1) is 0 Å². The zero-order chi connectivity index (χ0) is 32.6. The smallest absolute Gasteiger partial charge is 0.0467 e. The second-order valence-corrected chi connectivity index (χ2v) is 12.6. The number of hydrogen-bond acceptors (Lipinski definition) is 1. The van der Waals surface area contributed by atoms with Gasteiger partial charge in [-0.25, -0.2) is 0 Å². The van der Waals surface area contributed by atoms with Gasteiger partial charge in [-0.15, -0.1) is 0 Å². The molecule has 0 aromatic heterocycles. The highest BCUT2D eigenvalue weighted by atomic mass is 15.1. The quantitative estimate of drug-likeness (QED) is 0.167. The molecule has 9 rings (SSSR count). The molecule has 0 spiro atoms. The van der Waals surface area contributed by atoms with Gasteiger partial charge in [0.25, 0.3) is 0 Å². The zero-order valence-electron chi connectivity index (χ0n) is 27.0. The molecule has 0 heterocycles. The van der Waals surface area contributed by atoms with E-state index in [9.17, 15) is 0 Å². The van der Waals surface area contributed by atoms with Gasteiger partial charge >= 0.3 is 0 Å². The van der Waals surface area contributed by atoms with Crippen molar-refractivity contribution in [2.24, 2.45) is 0 Å². The fourth-order valence-corrected chi connectivity index (χ4v) is 7.22. The minimum absolute atomic E-state index is 1.11. The molecule has 0 bridgehead atoms. The first-order valence-corrected chi connectivity index (χ1v) is 16.8.